The second-order valence-electron chi connectivity index (χ2n) is 11.3. The molecule has 2 saturated heterocycles. The van der Waals surface area contributed by atoms with Crippen molar-refractivity contribution in [3.8, 4) is 0 Å². The van der Waals surface area contributed by atoms with Crippen molar-refractivity contribution >= 4 is 28.3 Å². The molecule has 4 aliphatic rings. The molecule has 2 aromatic carbocycles. The normalized spacial score (nSPS) is 27.9. The van der Waals surface area contributed by atoms with Crippen molar-refractivity contribution in [2.45, 2.75) is 82.5 Å². The van der Waals surface area contributed by atoms with Crippen LogP contribution in [0.1, 0.15) is 61.8 Å². The van der Waals surface area contributed by atoms with Gasteiger partial charge in [0.1, 0.15) is 0 Å². The summed E-state index contributed by atoms with van der Waals surface area (Å²) in [6, 6.07) is 28.6. The van der Waals surface area contributed by atoms with Gasteiger partial charge in [-0.25, -0.2) is 0 Å². The van der Waals surface area contributed by atoms with E-state index in [2.05, 4.69) is 86.7 Å². The molecule has 0 aromatic heterocycles. The summed E-state index contributed by atoms with van der Waals surface area (Å²) in [6.07, 6.45) is 16.5. The molecule has 0 spiro atoms. The zero-order valence-electron chi connectivity index (χ0n) is 21.3. The van der Waals surface area contributed by atoms with E-state index in [0.29, 0.717) is 6.69 Å². The summed E-state index contributed by atoms with van der Waals surface area (Å²) in [7, 11) is -2.76. The van der Waals surface area contributed by atoms with Gasteiger partial charge in [-0.2, -0.15) is 0 Å². The molecule has 2 aliphatic carbocycles. The smallest absolute Gasteiger partial charge is 1.00 e. The first-order valence-corrected chi connectivity index (χ1v) is 20.3. The fraction of sp³-hybridized carbons (Fsp3) is 0.467. The van der Waals surface area contributed by atoms with Crippen LogP contribution in [0.2, 0.25) is 36.3 Å². The fourth-order valence-corrected chi connectivity index (χ4v) is 29.6. The van der Waals surface area contributed by atoms with Gasteiger partial charge in [-0.3, -0.25) is 0 Å². The van der Waals surface area contributed by atoms with Crippen LogP contribution >= 0.6 is 0 Å². The number of allylic oxidation sites excluding steroid dienone is 2. The van der Waals surface area contributed by atoms with Crippen LogP contribution in [0.3, 0.4) is 0 Å². The Morgan fingerprint density at radius 2 is 1.06 bits per heavy atom. The first-order chi connectivity index (χ1) is 16.1. The maximum Gasteiger partial charge on any atom is -1.00 e. The minimum absolute atomic E-state index is 0. The number of hydrogen-bond donors (Lipinski definition) is 0. The van der Waals surface area contributed by atoms with E-state index in [4.69, 9.17) is 0 Å². The molecule has 184 valence electrons. The molecule has 2 unspecified atom stereocenters. The molecule has 0 nitrogen and oxygen atoms in total. The number of fused-ring (bicyclic) bond motifs is 2. The second-order valence-corrected chi connectivity index (χ2v) is 25.5. The van der Waals surface area contributed by atoms with Crippen LogP contribution in [-0.2, 0) is 25.8 Å². The standard InChI is InChI=1S/2C15H19Si.2ClH.Ti/c2*1-2-10-16(11-5-12-16)15-9-8-13-6-3-4-7-14(13)15;;;/h2*3-4,6-9H,2,5,10-12H2,1H3;2*1H;/q;;;;+2/p-2. The molecule has 0 radical (unpaired) electrons. The third-order valence-electron chi connectivity index (χ3n) is 9.94. The van der Waals surface area contributed by atoms with E-state index in [1.807, 2.05) is 0 Å². The van der Waals surface area contributed by atoms with Crippen LogP contribution in [0.25, 0.3) is 12.2 Å². The molecular formula is C30H38Cl2Si2Ti. The molecule has 2 fully saturated rings. The Kier molecular flexibility index (Phi) is 8.25. The SMILES string of the molecule is CCC[Si]1([C]2([Ti+2][C]3([Si]4(CCC)CCC4)C=Cc4ccccc43)C=Cc3ccccc32)CCC1.[Cl-].[Cl-]. The summed E-state index contributed by atoms with van der Waals surface area (Å²) in [5.74, 6) is 0. The van der Waals surface area contributed by atoms with Crippen molar-refractivity contribution in [2.75, 3.05) is 0 Å². The third kappa shape index (κ3) is 3.84. The van der Waals surface area contributed by atoms with Crippen LogP contribution in [0, 0.1) is 0 Å². The van der Waals surface area contributed by atoms with Crippen molar-refractivity contribution in [2.24, 2.45) is 0 Å². The first kappa shape index (κ1) is 27.7. The average Bonchev–Trinajstić information content (AvgIpc) is 3.34. The van der Waals surface area contributed by atoms with Gasteiger partial charge >= 0.3 is 213 Å². The van der Waals surface area contributed by atoms with Crippen LogP contribution in [0.5, 0.6) is 0 Å². The molecule has 2 aliphatic heterocycles. The van der Waals surface area contributed by atoms with Crippen LogP contribution in [0.15, 0.2) is 60.7 Å². The van der Waals surface area contributed by atoms with Crippen molar-refractivity contribution in [3.63, 3.8) is 0 Å². The molecule has 0 N–H and O–H groups in total. The van der Waals surface area contributed by atoms with Gasteiger partial charge in [-0.05, 0) is 0 Å². The van der Waals surface area contributed by atoms with Crippen LogP contribution in [-0.4, -0.2) is 16.1 Å². The van der Waals surface area contributed by atoms with Gasteiger partial charge in [0.25, 0.3) is 0 Å². The van der Waals surface area contributed by atoms with E-state index >= 15 is 0 Å². The van der Waals surface area contributed by atoms with Gasteiger partial charge in [0.15, 0.2) is 0 Å². The summed E-state index contributed by atoms with van der Waals surface area (Å²) in [5.41, 5.74) is 6.65. The Hall–Kier alpha value is -0.352. The van der Waals surface area contributed by atoms with Gasteiger partial charge in [0, 0.05) is 0 Å². The summed E-state index contributed by atoms with van der Waals surface area (Å²) in [4.78, 5) is 0. The molecule has 2 heterocycles. The molecule has 5 heteroatoms. The summed E-state index contributed by atoms with van der Waals surface area (Å²) in [5, 5.41) is 0. The average molecular weight is 574 g/mol. The maximum absolute atomic E-state index is 2.84. The number of rotatable bonds is 8. The quantitative estimate of drug-likeness (QED) is 0.426. The third-order valence-corrected chi connectivity index (χ3v) is 30.9. The Bertz CT molecular complexity index is 1030. The first-order valence-electron chi connectivity index (χ1n) is 13.5. The topological polar surface area (TPSA) is 0 Å². The van der Waals surface area contributed by atoms with E-state index in [0.717, 1.165) is 0 Å². The van der Waals surface area contributed by atoms with E-state index in [9.17, 15) is 0 Å². The summed E-state index contributed by atoms with van der Waals surface area (Å²) >= 11 is -0.299. The Labute approximate surface area is 236 Å². The van der Waals surface area contributed by atoms with E-state index in [1.165, 1.54) is 25.7 Å². The van der Waals surface area contributed by atoms with Gasteiger partial charge in [0.05, 0.1) is 0 Å². The van der Waals surface area contributed by atoms with Crippen molar-refractivity contribution < 1.29 is 44.0 Å². The fourth-order valence-electron chi connectivity index (χ4n) is 8.18. The maximum atomic E-state index is 2.84. The molecule has 6 rings (SSSR count). The number of benzene rings is 2. The Morgan fingerprint density at radius 1 is 0.657 bits per heavy atom. The number of halogens is 2. The minimum Gasteiger partial charge on any atom is -1.00 e. The van der Waals surface area contributed by atoms with Gasteiger partial charge in [-0.15, -0.1) is 0 Å². The zero-order valence-corrected chi connectivity index (χ0v) is 26.3. The molecule has 2 atom stereocenters. The van der Waals surface area contributed by atoms with E-state index in [1.54, 1.807) is 58.5 Å². The Balaban J connectivity index is 0.00000144. The summed E-state index contributed by atoms with van der Waals surface area (Å²) < 4.78 is 0.895. The van der Waals surface area contributed by atoms with E-state index < -0.39 is 16.1 Å². The van der Waals surface area contributed by atoms with Gasteiger partial charge in [-0.1, -0.05) is 0 Å². The number of hydrogen-bond acceptors (Lipinski definition) is 0. The zero-order chi connectivity index (χ0) is 22.6. The van der Waals surface area contributed by atoms with Gasteiger partial charge in [0.2, 0.25) is 0 Å². The van der Waals surface area contributed by atoms with E-state index in [-0.39, 0.29) is 44.0 Å². The van der Waals surface area contributed by atoms with Crippen molar-refractivity contribution in [3.05, 3.63) is 82.9 Å². The predicted octanol–water partition coefficient (Wildman–Crippen LogP) is 2.52. The molecule has 2 aromatic rings. The minimum atomic E-state index is -1.38. The molecule has 0 saturated carbocycles. The molecule has 0 bridgehead atoms. The molecule has 0 amide bonds. The van der Waals surface area contributed by atoms with Crippen LogP contribution < -0.4 is 24.8 Å². The second kappa shape index (κ2) is 10.4. The van der Waals surface area contributed by atoms with Crippen molar-refractivity contribution in [1.82, 2.24) is 0 Å². The van der Waals surface area contributed by atoms with Crippen molar-refractivity contribution in [1.29, 1.82) is 0 Å². The largest absolute Gasteiger partial charge is 1.00 e. The molecule has 35 heavy (non-hydrogen) atoms. The molecular weight excluding hydrogens is 535 g/mol. The Morgan fingerprint density at radius 3 is 1.40 bits per heavy atom. The van der Waals surface area contributed by atoms with Crippen LogP contribution in [0.4, 0.5) is 0 Å². The summed E-state index contributed by atoms with van der Waals surface area (Å²) in [6.45, 7) is 4.93. The predicted molar refractivity (Wildman–Crippen MR) is 144 cm³/mol. The van der Waals surface area contributed by atoms with Gasteiger partial charge < -0.3 is 24.8 Å². The monoisotopic (exact) mass is 572 g/mol.